The number of fused-ring (bicyclic) bond motifs is 1. The fraction of sp³-hybridized carbons (Fsp3) is 0.0800. The molecule has 0 spiro atoms. The molecule has 0 bridgehead atoms. The van der Waals surface area contributed by atoms with Crippen LogP contribution in [0.25, 0.3) is 11.1 Å². The SMILES string of the molecule is O=C1COc2ccc(-c3ccnc([NH2+]c4cccc(Cl)c4)c3)cc2N1Cc1cccnc1. The molecule has 0 unspecified atom stereocenters. The van der Waals surface area contributed by atoms with Crippen molar-refractivity contribution in [2.24, 2.45) is 0 Å². The number of carbonyl (C=O) groups excluding carboxylic acids is 1. The van der Waals surface area contributed by atoms with Crippen molar-refractivity contribution in [2.45, 2.75) is 6.54 Å². The van der Waals surface area contributed by atoms with Crippen LogP contribution in [0.5, 0.6) is 5.75 Å². The van der Waals surface area contributed by atoms with Crippen molar-refractivity contribution in [2.75, 3.05) is 11.5 Å². The Bertz CT molecular complexity index is 1280. The molecule has 2 aromatic carbocycles. The molecule has 1 amide bonds. The lowest BCUT2D eigenvalue weighted by atomic mass is 10.0. The van der Waals surface area contributed by atoms with Crippen molar-refractivity contribution in [3.63, 3.8) is 0 Å². The van der Waals surface area contributed by atoms with E-state index in [1.807, 2.05) is 72.0 Å². The number of carbonyl (C=O) groups is 1. The molecule has 2 aromatic heterocycles. The van der Waals surface area contributed by atoms with Gasteiger partial charge < -0.3 is 9.64 Å². The van der Waals surface area contributed by atoms with E-state index in [0.29, 0.717) is 17.3 Å². The van der Waals surface area contributed by atoms with Gasteiger partial charge in [-0.2, -0.15) is 0 Å². The Kier molecular flexibility index (Phi) is 5.54. The summed E-state index contributed by atoms with van der Waals surface area (Å²) < 4.78 is 5.67. The predicted octanol–water partition coefficient (Wildman–Crippen LogP) is 4.25. The van der Waals surface area contributed by atoms with Crippen LogP contribution in [0, 0.1) is 0 Å². The minimum absolute atomic E-state index is 0.0284. The number of benzene rings is 2. The molecule has 0 fully saturated rings. The number of nitrogens with zero attached hydrogens (tertiary/aromatic N) is 3. The summed E-state index contributed by atoms with van der Waals surface area (Å²) in [5.41, 5.74) is 4.66. The smallest absolute Gasteiger partial charge is 0.265 e. The summed E-state index contributed by atoms with van der Waals surface area (Å²) in [6.07, 6.45) is 5.27. The standard InChI is InChI=1S/C25H19ClN4O2/c26-20-4-1-5-21(13-20)29-24-12-19(8-10-28-24)18-6-7-23-22(11-18)30(25(31)16-32-23)15-17-3-2-9-27-14-17/h1-14H,15-16H2,(H,28,29)/p+1. The van der Waals surface area contributed by atoms with Gasteiger partial charge in [0.25, 0.3) is 5.91 Å². The van der Waals surface area contributed by atoms with E-state index < -0.39 is 0 Å². The van der Waals surface area contributed by atoms with E-state index in [-0.39, 0.29) is 12.5 Å². The first-order valence-electron chi connectivity index (χ1n) is 10.2. The molecule has 3 heterocycles. The second kappa shape index (κ2) is 8.78. The lowest BCUT2D eigenvalue weighted by Gasteiger charge is -2.30. The molecule has 0 atom stereocenters. The molecule has 0 radical (unpaired) electrons. The van der Waals surface area contributed by atoms with E-state index in [9.17, 15) is 4.79 Å². The molecule has 5 rings (SSSR count). The number of rotatable bonds is 5. The number of anilines is 1. The van der Waals surface area contributed by atoms with Gasteiger partial charge in [-0.1, -0.05) is 29.8 Å². The van der Waals surface area contributed by atoms with Gasteiger partial charge in [0.05, 0.1) is 12.2 Å². The number of ether oxygens (including phenoxy) is 1. The first-order chi connectivity index (χ1) is 15.7. The van der Waals surface area contributed by atoms with E-state index in [4.69, 9.17) is 16.3 Å². The quantitative estimate of drug-likeness (QED) is 0.468. The van der Waals surface area contributed by atoms with Crippen LogP contribution in [-0.2, 0) is 11.3 Å². The fourth-order valence-corrected chi connectivity index (χ4v) is 3.90. The van der Waals surface area contributed by atoms with Crippen LogP contribution in [-0.4, -0.2) is 22.5 Å². The summed E-state index contributed by atoms with van der Waals surface area (Å²) in [4.78, 5) is 23.0. The minimum Gasteiger partial charge on any atom is -0.482 e. The summed E-state index contributed by atoms with van der Waals surface area (Å²) in [6.45, 7) is 0.469. The first-order valence-corrected chi connectivity index (χ1v) is 10.6. The lowest BCUT2D eigenvalue weighted by Crippen LogP contribution is -2.71. The molecular formula is C25H20ClN4O2+. The van der Waals surface area contributed by atoms with Gasteiger partial charge >= 0.3 is 0 Å². The minimum atomic E-state index is -0.0804. The zero-order valence-electron chi connectivity index (χ0n) is 17.1. The Morgan fingerprint density at radius 1 is 1.00 bits per heavy atom. The number of quaternary nitrogens is 1. The molecular weight excluding hydrogens is 424 g/mol. The molecule has 158 valence electrons. The van der Waals surface area contributed by atoms with Crippen LogP contribution in [0.3, 0.4) is 0 Å². The van der Waals surface area contributed by atoms with Gasteiger partial charge in [0.2, 0.25) is 5.82 Å². The predicted molar refractivity (Wildman–Crippen MR) is 123 cm³/mol. The Morgan fingerprint density at radius 3 is 2.75 bits per heavy atom. The molecule has 6 nitrogen and oxygen atoms in total. The highest BCUT2D eigenvalue weighted by Gasteiger charge is 2.26. The van der Waals surface area contributed by atoms with Crippen LogP contribution in [0.15, 0.2) is 85.3 Å². The maximum absolute atomic E-state index is 12.6. The van der Waals surface area contributed by atoms with Crippen LogP contribution >= 0.6 is 11.6 Å². The second-order valence-electron chi connectivity index (χ2n) is 7.48. The third-order valence-electron chi connectivity index (χ3n) is 5.24. The number of amides is 1. The molecule has 7 heteroatoms. The summed E-state index contributed by atoms with van der Waals surface area (Å²) in [6, 6.07) is 21.3. The van der Waals surface area contributed by atoms with E-state index in [2.05, 4.69) is 9.97 Å². The summed E-state index contributed by atoms with van der Waals surface area (Å²) in [5, 5.41) is 2.66. The number of hydrogen-bond donors (Lipinski definition) is 1. The molecule has 0 aliphatic carbocycles. The lowest BCUT2D eigenvalue weighted by molar-refractivity contribution is -0.482. The maximum atomic E-state index is 12.6. The Morgan fingerprint density at radius 2 is 1.91 bits per heavy atom. The number of aromatic nitrogens is 2. The van der Waals surface area contributed by atoms with Crippen LogP contribution < -0.4 is 15.0 Å². The van der Waals surface area contributed by atoms with Crippen LogP contribution in [0.4, 0.5) is 17.2 Å². The van der Waals surface area contributed by atoms with E-state index in [1.54, 1.807) is 23.5 Å². The summed E-state index contributed by atoms with van der Waals surface area (Å²) >= 11 is 6.10. The summed E-state index contributed by atoms with van der Waals surface area (Å²) in [5.74, 6) is 1.43. The number of pyridine rings is 2. The topological polar surface area (TPSA) is 71.9 Å². The molecule has 2 N–H and O–H groups in total. The Labute approximate surface area is 190 Å². The number of halogens is 1. The van der Waals surface area contributed by atoms with E-state index in [0.717, 1.165) is 33.9 Å². The zero-order valence-corrected chi connectivity index (χ0v) is 17.9. The Balaban J connectivity index is 1.46. The van der Waals surface area contributed by atoms with Gasteiger partial charge in [-0.25, -0.2) is 4.98 Å². The fourth-order valence-electron chi connectivity index (χ4n) is 3.70. The molecule has 4 aromatic rings. The van der Waals surface area contributed by atoms with Gasteiger partial charge in [0.15, 0.2) is 6.61 Å². The van der Waals surface area contributed by atoms with E-state index >= 15 is 0 Å². The summed E-state index contributed by atoms with van der Waals surface area (Å²) in [7, 11) is 0. The Hall–Kier alpha value is -3.74. The van der Waals surface area contributed by atoms with Gasteiger partial charge in [-0.3, -0.25) is 15.1 Å². The van der Waals surface area contributed by atoms with Gasteiger partial charge in [0, 0.05) is 35.7 Å². The number of hydrogen-bond acceptors (Lipinski definition) is 4. The maximum Gasteiger partial charge on any atom is 0.265 e. The van der Waals surface area contributed by atoms with Crippen molar-refractivity contribution in [1.82, 2.24) is 9.97 Å². The van der Waals surface area contributed by atoms with Gasteiger partial charge in [-0.15, -0.1) is 0 Å². The zero-order chi connectivity index (χ0) is 21.9. The highest BCUT2D eigenvalue weighted by atomic mass is 35.5. The second-order valence-corrected chi connectivity index (χ2v) is 7.92. The van der Waals surface area contributed by atoms with E-state index in [1.165, 1.54) is 0 Å². The van der Waals surface area contributed by atoms with Crippen molar-refractivity contribution >= 4 is 34.7 Å². The number of nitrogens with two attached hydrogens (primary N) is 1. The average molecular weight is 444 g/mol. The van der Waals surface area contributed by atoms with Gasteiger partial charge in [-0.05, 0) is 53.1 Å². The van der Waals surface area contributed by atoms with Crippen LogP contribution in [0.2, 0.25) is 5.02 Å². The molecule has 1 aliphatic heterocycles. The average Bonchev–Trinajstić information content (AvgIpc) is 2.81. The highest BCUT2D eigenvalue weighted by Crippen LogP contribution is 2.37. The van der Waals surface area contributed by atoms with Crippen molar-refractivity contribution in [3.05, 3.63) is 95.9 Å². The first kappa shape index (κ1) is 20.2. The largest absolute Gasteiger partial charge is 0.482 e. The molecule has 0 saturated heterocycles. The van der Waals surface area contributed by atoms with Gasteiger partial charge in [0.1, 0.15) is 11.4 Å². The normalized spacial score (nSPS) is 12.9. The molecule has 1 aliphatic rings. The van der Waals surface area contributed by atoms with Crippen molar-refractivity contribution < 1.29 is 14.8 Å². The highest BCUT2D eigenvalue weighted by molar-refractivity contribution is 6.30. The molecule has 0 saturated carbocycles. The third kappa shape index (κ3) is 4.32. The van der Waals surface area contributed by atoms with Crippen molar-refractivity contribution in [1.29, 1.82) is 0 Å². The monoisotopic (exact) mass is 443 g/mol. The van der Waals surface area contributed by atoms with Crippen LogP contribution in [0.1, 0.15) is 5.56 Å². The molecule has 32 heavy (non-hydrogen) atoms. The third-order valence-corrected chi connectivity index (χ3v) is 5.48. The van der Waals surface area contributed by atoms with Crippen molar-refractivity contribution in [3.8, 4) is 16.9 Å².